The first-order valence-corrected chi connectivity index (χ1v) is 16.3. The molecule has 4 aliphatic rings. The van der Waals surface area contributed by atoms with E-state index >= 15 is 0 Å². The van der Waals surface area contributed by atoms with Gasteiger partial charge in [-0.2, -0.15) is 0 Å². The predicted molar refractivity (Wildman–Crippen MR) is 157 cm³/mol. The van der Waals surface area contributed by atoms with E-state index in [-0.39, 0.29) is 11.5 Å². The van der Waals surface area contributed by atoms with E-state index in [1.54, 1.807) is 12.7 Å². The second-order valence-corrected chi connectivity index (χ2v) is 15.1. The Hall–Kier alpha value is -2.39. The monoisotopic (exact) mass is 541 g/mol. The molecule has 5 heteroatoms. The van der Waals surface area contributed by atoms with Crippen molar-refractivity contribution in [2.45, 2.75) is 64.5 Å². The van der Waals surface area contributed by atoms with Gasteiger partial charge in [0.1, 0.15) is 5.75 Å². The quantitative estimate of drug-likeness (QED) is 0.321. The summed E-state index contributed by atoms with van der Waals surface area (Å²) in [7, 11) is -1.45. The molecule has 1 aliphatic heterocycles. The van der Waals surface area contributed by atoms with Crippen molar-refractivity contribution in [3.63, 3.8) is 0 Å². The number of benzene rings is 3. The van der Waals surface area contributed by atoms with Crippen molar-refractivity contribution in [1.29, 1.82) is 0 Å². The molecule has 3 fully saturated rings. The van der Waals surface area contributed by atoms with E-state index in [4.69, 9.17) is 9.26 Å². The number of hydrogen-bond donors (Lipinski definition) is 0. The molecule has 0 radical (unpaired) electrons. The third-order valence-corrected chi connectivity index (χ3v) is 13.2. The highest BCUT2D eigenvalue weighted by atomic mass is 31.2. The molecule has 4 nitrogen and oxygen atoms in total. The Morgan fingerprint density at radius 3 is 2.62 bits per heavy atom. The molecule has 0 bridgehead atoms. The number of fused-ring (bicyclic) bond motifs is 7. The molecule has 0 amide bonds. The Bertz CT molecular complexity index is 1410. The summed E-state index contributed by atoms with van der Waals surface area (Å²) >= 11 is 0. The van der Waals surface area contributed by atoms with Crippen LogP contribution in [0.5, 0.6) is 5.75 Å². The van der Waals surface area contributed by atoms with Crippen LogP contribution in [0.2, 0.25) is 0 Å². The van der Waals surface area contributed by atoms with Gasteiger partial charge in [0.25, 0.3) is 0 Å². The lowest BCUT2D eigenvalue weighted by molar-refractivity contribution is -0.0322. The highest BCUT2D eigenvalue weighted by molar-refractivity contribution is 7.64. The second-order valence-electron chi connectivity index (χ2n) is 12.7. The van der Waals surface area contributed by atoms with Gasteiger partial charge in [0.2, 0.25) is 0 Å². The Kier molecular flexibility index (Phi) is 6.30. The lowest BCUT2D eigenvalue weighted by Crippen LogP contribution is -2.49. The summed E-state index contributed by atoms with van der Waals surface area (Å²) in [6.45, 7) is 6.06. The fourth-order valence-electron chi connectivity index (χ4n) is 8.70. The van der Waals surface area contributed by atoms with Crippen LogP contribution in [-0.2, 0) is 22.1 Å². The number of rotatable bonds is 4. The summed E-state index contributed by atoms with van der Waals surface area (Å²) in [4.78, 5) is 0. The normalized spacial score (nSPS) is 35.4. The van der Waals surface area contributed by atoms with E-state index in [0.717, 1.165) is 30.4 Å². The number of methoxy groups -OCH3 is 1. The second kappa shape index (κ2) is 9.61. The van der Waals surface area contributed by atoms with Crippen molar-refractivity contribution >= 4 is 12.8 Å². The lowest BCUT2D eigenvalue weighted by atomic mass is 9.55. The topological polar surface area (TPSA) is 38.8 Å². The number of hydrogen-bond acceptors (Lipinski definition) is 3. The largest absolute Gasteiger partial charge is 0.497 e. The number of aryl methyl sites for hydroxylation is 2. The standard InChI is InChI=1S/C34H40NO3P/c1-23-9-11-24(12-10-23)21-35-22-26-20-32-31-15-13-25-19-27(37-3)14-16-29(25)30(31)17-18-34(32,2)33(26)38-39(35,36)28-7-5-4-6-8-28/h4-12,14,16,19,26,30-33H,13,15,17-18,20-22H2,1-3H3/t26-,30-,31-,32+,33+,34+,39?/m1/s1. The maximum Gasteiger partial charge on any atom is 0.302 e. The Morgan fingerprint density at radius 1 is 1.05 bits per heavy atom. The van der Waals surface area contributed by atoms with Crippen LogP contribution in [0.1, 0.15) is 60.8 Å². The molecule has 0 aromatic heterocycles. The summed E-state index contributed by atoms with van der Waals surface area (Å²) < 4.78 is 29.7. The van der Waals surface area contributed by atoms with Gasteiger partial charge in [-0.1, -0.05) is 61.0 Å². The van der Waals surface area contributed by atoms with Gasteiger partial charge in [-0.25, -0.2) is 4.67 Å². The minimum Gasteiger partial charge on any atom is -0.497 e. The van der Waals surface area contributed by atoms with E-state index in [9.17, 15) is 4.57 Å². The van der Waals surface area contributed by atoms with Crippen molar-refractivity contribution in [1.82, 2.24) is 4.67 Å². The van der Waals surface area contributed by atoms with Gasteiger partial charge in [0, 0.05) is 13.1 Å². The van der Waals surface area contributed by atoms with Gasteiger partial charge in [0.15, 0.2) is 0 Å². The van der Waals surface area contributed by atoms with E-state index in [1.807, 2.05) is 30.3 Å². The Labute approximate surface area is 233 Å². The molecular weight excluding hydrogens is 501 g/mol. The van der Waals surface area contributed by atoms with E-state index in [2.05, 4.69) is 61.0 Å². The van der Waals surface area contributed by atoms with E-state index in [1.165, 1.54) is 36.0 Å². The highest BCUT2D eigenvalue weighted by Gasteiger charge is 2.62. The highest BCUT2D eigenvalue weighted by Crippen LogP contribution is 2.68. The average molecular weight is 542 g/mol. The molecule has 3 aromatic rings. The summed E-state index contributed by atoms with van der Waals surface area (Å²) in [6.07, 6.45) is 5.89. The van der Waals surface area contributed by atoms with Crippen molar-refractivity contribution < 1.29 is 13.8 Å². The first kappa shape index (κ1) is 25.6. The molecule has 1 heterocycles. The Morgan fingerprint density at radius 2 is 1.85 bits per heavy atom. The van der Waals surface area contributed by atoms with Crippen LogP contribution in [0.15, 0.2) is 72.8 Å². The number of ether oxygens (including phenoxy) is 1. The molecule has 2 saturated carbocycles. The average Bonchev–Trinajstić information content (AvgIpc) is 3.25. The summed E-state index contributed by atoms with van der Waals surface area (Å²) in [5.74, 6) is 3.26. The first-order valence-electron chi connectivity index (χ1n) is 14.7. The maximum atomic E-state index is 15.0. The van der Waals surface area contributed by atoms with Gasteiger partial charge in [0.05, 0.1) is 18.5 Å². The SMILES string of the molecule is COc1ccc2c(c1)CC[C@@H]1[C@@H]2CC[C@@]2(C)[C@H]1C[C@@H]1CN(Cc3ccc(C)cc3)P(=O)(c3ccccc3)O[C@@H]12. The molecule has 0 N–H and O–H groups in total. The molecular formula is C34H40NO3P. The molecule has 1 unspecified atom stereocenters. The van der Waals surface area contributed by atoms with Gasteiger partial charge < -0.3 is 9.26 Å². The zero-order valence-electron chi connectivity index (χ0n) is 23.4. The van der Waals surface area contributed by atoms with Crippen LogP contribution in [0.25, 0.3) is 0 Å². The van der Waals surface area contributed by atoms with Crippen LogP contribution in [-0.4, -0.2) is 24.4 Å². The molecule has 1 saturated heterocycles. The zero-order chi connectivity index (χ0) is 26.8. The van der Waals surface area contributed by atoms with E-state index in [0.29, 0.717) is 30.2 Å². The molecule has 3 aromatic carbocycles. The van der Waals surface area contributed by atoms with Gasteiger partial charge >= 0.3 is 7.52 Å². The minimum atomic E-state index is -3.21. The molecule has 3 aliphatic carbocycles. The Balaban J connectivity index is 1.22. The molecule has 7 rings (SSSR count). The van der Waals surface area contributed by atoms with Gasteiger partial charge in [-0.3, -0.25) is 4.57 Å². The van der Waals surface area contributed by atoms with Crippen molar-refractivity contribution in [3.8, 4) is 5.75 Å². The molecule has 204 valence electrons. The van der Waals surface area contributed by atoms with Crippen LogP contribution >= 0.6 is 7.52 Å². The smallest absolute Gasteiger partial charge is 0.302 e. The van der Waals surface area contributed by atoms with Crippen molar-refractivity contribution in [2.75, 3.05) is 13.7 Å². The molecule has 39 heavy (non-hydrogen) atoms. The van der Waals surface area contributed by atoms with Crippen molar-refractivity contribution in [3.05, 3.63) is 95.1 Å². The molecule has 0 spiro atoms. The van der Waals surface area contributed by atoms with Gasteiger partial charge in [-0.05, 0) is 109 Å². The van der Waals surface area contributed by atoms with E-state index < -0.39 is 7.52 Å². The summed E-state index contributed by atoms with van der Waals surface area (Å²) in [5, 5.41) is 0.830. The summed E-state index contributed by atoms with van der Waals surface area (Å²) in [5.41, 5.74) is 5.52. The minimum absolute atomic E-state index is 0.0426. The third kappa shape index (κ3) is 4.14. The number of nitrogens with zero attached hydrogens (tertiary/aromatic N) is 1. The fourth-order valence-corrected chi connectivity index (χ4v) is 11.3. The fraction of sp³-hybridized carbons (Fsp3) is 0.471. The third-order valence-electron chi connectivity index (χ3n) is 10.6. The maximum absolute atomic E-state index is 15.0. The first-order chi connectivity index (χ1) is 18.9. The van der Waals surface area contributed by atoms with Crippen LogP contribution in [0.3, 0.4) is 0 Å². The predicted octanol–water partition coefficient (Wildman–Crippen LogP) is 7.51. The molecule has 7 atom stereocenters. The van der Waals surface area contributed by atoms with Gasteiger partial charge in [-0.15, -0.1) is 0 Å². The van der Waals surface area contributed by atoms with Crippen LogP contribution < -0.4 is 10.0 Å². The van der Waals surface area contributed by atoms with Crippen LogP contribution in [0, 0.1) is 30.1 Å². The van der Waals surface area contributed by atoms with Crippen LogP contribution in [0.4, 0.5) is 0 Å². The zero-order valence-corrected chi connectivity index (χ0v) is 24.3. The van der Waals surface area contributed by atoms with Crippen molar-refractivity contribution in [2.24, 2.45) is 23.2 Å². The lowest BCUT2D eigenvalue weighted by Gasteiger charge is -2.52. The summed E-state index contributed by atoms with van der Waals surface area (Å²) in [6, 6.07) is 25.4.